The third kappa shape index (κ3) is 5.23. The van der Waals surface area contributed by atoms with Crippen molar-refractivity contribution in [2.75, 3.05) is 20.8 Å². The Labute approximate surface area is 126 Å². The summed E-state index contributed by atoms with van der Waals surface area (Å²) in [5.41, 5.74) is 1.08. The molecule has 0 atom stereocenters. The zero-order valence-electron chi connectivity index (χ0n) is 11.0. The van der Waals surface area contributed by atoms with Crippen molar-refractivity contribution in [3.05, 3.63) is 21.3 Å². The molecule has 0 saturated carbocycles. The van der Waals surface area contributed by atoms with E-state index in [0.717, 1.165) is 14.9 Å². The monoisotopic (exact) mass is 379 g/mol. The van der Waals surface area contributed by atoms with Gasteiger partial charge in [-0.15, -0.1) is 0 Å². The Balaban J connectivity index is 2.55. The smallest absolute Gasteiger partial charge is 0.303 e. The molecule has 0 bridgehead atoms. The molecule has 5 nitrogen and oxygen atoms in total. The van der Waals surface area contributed by atoms with Gasteiger partial charge in [-0.25, -0.2) is 0 Å². The Morgan fingerprint density at radius 2 is 2.11 bits per heavy atom. The standard InChI is InChI=1S/C13H18INO4/c1-18-11-7-9(6-10(14)13(11)19-2)8-15-5-3-4-12(16)17/h6-7,15H,3-5,8H2,1-2H3,(H,16,17). The van der Waals surface area contributed by atoms with E-state index in [1.54, 1.807) is 14.2 Å². The van der Waals surface area contributed by atoms with Crippen LogP contribution in [0.4, 0.5) is 0 Å². The van der Waals surface area contributed by atoms with Crippen molar-refractivity contribution in [2.24, 2.45) is 0 Å². The molecule has 0 aromatic heterocycles. The molecular formula is C13H18INO4. The van der Waals surface area contributed by atoms with Crippen LogP contribution in [0.25, 0.3) is 0 Å². The number of hydrogen-bond acceptors (Lipinski definition) is 4. The number of nitrogens with one attached hydrogen (secondary N) is 1. The van der Waals surface area contributed by atoms with Crippen molar-refractivity contribution < 1.29 is 19.4 Å². The Hall–Kier alpha value is -1.02. The molecular weight excluding hydrogens is 361 g/mol. The topological polar surface area (TPSA) is 67.8 Å². The predicted octanol–water partition coefficient (Wildman–Crippen LogP) is 2.26. The molecule has 106 valence electrons. The van der Waals surface area contributed by atoms with Crippen molar-refractivity contribution >= 4 is 28.6 Å². The largest absolute Gasteiger partial charge is 0.493 e. The molecule has 1 aromatic rings. The second kappa shape index (κ2) is 8.21. The minimum Gasteiger partial charge on any atom is -0.493 e. The van der Waals surface area contributed by atoms with Gasteiger partial charge < -0.3 is 19.9 Å². The van der Waals surface area contributed by atoms with Gasteiger partial charge in [-0.1, -0.05) is 0 Å². The Bertz CT molecular complexity index is 437. The van der Waals surface area contributed by atoms with Crippen LogP contribution in [0.5, 0.6) is 11.5 Å². The third-order valence-corrected chi connectivity index (χ3v) is 3.37. The first-order valence-corrected chi connectivity index (χ1v) is 6.99. The molecule has 0 amide bonds. The van der Waals surface area contributed by atoms with Gasteiger partial charge in [-0.3, -0.25) is 4.79 Å². The lowest BCUT2D eigenvalue weighted by atomic mass is 10.2. The highest BCUT2D eigenvalue weighted by Crippen LogP contribution is 2.33. The predicted molar refractivity (Wildman–Crippen MR) is 80.8 cm³/mol. The van der Waals surface area contributed by atoms with Crippen molar-refractivity contribution in [2.45, 2.75) is 19.4 Å². The molecule has 2 N–H and O–H groups in total. The molecule has 0 fully saturated rings. The summed E-state index contributed by atoms with van der Waals surface area (Å²) >= 11 is 2.20. The van der Waals surface area contributed by atoms with Gasteiger partial charge in [0.25, 0.3) is 0 Å². The SMILES string of the molecule is COc1cc(CNCCCC(=O)O)cc(I)c1OC. The van der Waals surface area contributed by atoms with E-state index in [0.29, 0.717) is 25.3 Å². The van der Waals surface area contributed by atoms with Gasteiger partial charge in [0.1, 0.15) is 0 Å². The van der Waals surface area contributed by atoms with E-state index in [9.17, 15) is 4.79 Å². The molecule has 0 spiro atoms. The molecule has 19 heavy (non-hydrogen) atoms. The van der Waals surface area contributed by atoms with E-state index < -0.39 is 5.97 Å². The van der Waals surface area contributed by atoms with E-state index in [1.807, 2.05) is 12.1 Å². The molecule has 1 rings (SSSR count). The molecule has 6 heteroatoms. The van der Waals surface area contributed by atoms with Gasteiger partial charge in [0.15, 0.2) is 11.5 Å². The number of hydrogen-bond donors (Lipinski definition) is 2. The number of carboxylic acid groups (broad SMARTS) is 1. The molecule has 0 aliphatic carbocycles. The van der Waals surface area contributed by atoms with Gasteiger partial charge in [-0.05, 0) is 53.3 Å². The second-order valence-corrected chi connectivity index (χ2v) is 5.15. The fourth-order valence-corrected chi connectivity index (χ4v) is 2.56. The van der Waals surface area contributed by atoms with Crippen molar-refractivity contribution in [1.29, 1.82) is 0 Å². The van der Waals surface area contributed by atoms with Crippen LogP contribution in [0, 0.1) is 3.57 Å². The summed E-state index contributed by atoms with van der Waals surface area (Å²) < 4.78 is 11.5. The van der Waals surface area contributed by atoms with Gasteiger partial charge in [0.2, 0.25) is 0 Å². The molecule has 0 aliphatic heterocycles. The maximum Gasteiger partial charge on any atom is 0.303 e. The van der Waals surface area contributed by atoms with Crippen molar-refractivity contribution in [3.63, 3.8) is 0 Å². The van der Waals surface area contributed by atoms with E-state index >= 15 is 0 Å². The Morgan fingerprint density at radius 1 is 1.37 bits per heavy atom. The van der Waals surface area contributed by atoms with Crippen LogP contribution >= 0.6 is 22.6 Å². The fraction of sp³-hybridized carbons (Fsp3) is 0.462. The molecule has 0 unspecified atom stereocenters. The van der Waals surface area contributed by atoms with Crippen LogP contribution in [-0.2, 0) is 11.3 Å². The van der Waals surface area contributed by atoms with E-state index in [4.69, 9.17) is 14.6 Å². The highest BCUT2D eigenvalue weighted by atomic mass is 127. The maximum absolute atomic E-state index is 10.4. The first-order chi connectivity index (χ1) is 9.08. The third-order valence-electron chi connectivity index (χ3n) is 2.57. The molecule has 0 heterocycles. The number of rotatable bonds is 8. The van der Waals surface area contributed by atoms with Crippen LogP contribution in [0.15, 0.2) is 12.1 Å². The number of ether oxygens (including phenoxy) is 2. The molecule has 0 aliphatic rings. The fourth-order valence-electron chi connectivity index (χ4n) is 1.67. The van der Waals surface area contributed by atoms with E-state index in [1.165, 1.54) is 0 Å². The van der Waals surface area contributed by atoms with Gasteiger partial charge in [0, 0.05) is 13.0 Å². The summed E-state index contributed by atoms with van der Waals surface area (Å²) in [4.78, 5) is 10.4. The summed E-state index contributed by atoms with van der Waals surface area (Å²) in [6, 6.07) is 3.94. The van der Waals surface area contributed by atoms with Gasteiger partial charge >= 0.3 is 5.97 Å². The lowest BCUT2D eigenvalue weighted by Gasteiger charge is -2.12. The zero-order chi connectivity index (χ0) is 14.3. The lowest BCUT2D eigenvalue weighted by molar-refractivity contribution is -0.137. The molecule has 0 saturated heterocycles. The summed E-state index contributed by atoms with van der Waals surface area (Å²) in [6.07, 6.45) is 0.816. The Morgan fingerprint density at radius 3 is 2.68 bits per heavy atom. The van der Waals surface area contributed by atoms with Crippen LogP contribution in [0.2, 0.25) is 0 Å². The van der Waals surface area contributed by atoms with E-state index in [2.05, 4.69) is 27.9 Å². The number of halogens is 1. The molecule has 1 aromatic carbocycles. The van der Waals surface area contributed by atoms with Gasteiger partial charge in [0.05, 0.1) is 17.8 Å². The second-order valence-electron chi connectivity index (χ2n) is 3.99. The van der Waals surface area contributed by atoms with Crippen LogP contribution < -0.4 is 14.8 Å². The minimum atomic E-state index is -0.762. The lowest BCUT2D eigenvalue weighted by Crippen LogP contribution is -2.16. The van der Waals surface area contributed by atoms with Crippen molar-refractivity contribution in [3.8, 4) is 11.5 Å². The number of benzene rings is 1. The molecule has 0 radical (unpaired) electrons. The number of methoxy groups -OCH3 is 2. The normalized spacial score (nSPS) is 10.3. The Kier molecular flexibility index (Phi) is 6.93. The average Bonchev–Trinajstić information content (AvgIpc) is 2.37. The summed E-state index contributed by atoms with van der Waals surface area (Å²) in [5, 5.41) is 11.7. The average molecular weight is 379 g/mol. The zero-order valence-corrected chi connectivity index (χ0v) is 13.2. The van der Waals surface area contributed by atoms with Crippen LogP contribution in [0.3, 0.4) is 0 Å². The van der Waals surface area contributed by atoms with E-state index in [-0.39, 0.29) is 6.42 Å². The summed E-state index contributed by atoms with van der Waals surface area (Å²) in [7, 11) is 3.22. The quantitative estimate of drug-likeness (QED) is 0.536. The van der Waals surface area contributed by atoms with Crippen LogP contribution in [-0.4, -0.2) is 31.8 Å². The summed E-state index contributed by atoms with van der Waals surface area (Å²) in [6.45, 7) is 1.35. The van der Waals surface area contributed by atoms with Gasteiger partial charge in [-0.2, -0.15) is 0 Å². The maximum atomic E-state index is 10.4. The van der Waals surface area contributed by atoms with Crippen molar-refractivity contribution in [1.82, 2.24) is 5.32 Å². The number of carbonyl (C=O) groups is 1. The van der Waals surface area contributed by atoms with Crippen LogP contribution in [0.1, 0.15) is 18.4 Å². The number of carboxylic acids is 1. The number of aliphatic carboxylic acids is 1. The first kappa shape index (κ1) is 16.0. The first-order valence-electron chi connectivity index (χ1n) is 5.91. The summed E-state index contributed by atoms with van der Waals surface area (Å²) in [5.74, 6) is 0.678. The highest BCUT2D eigenvalue weighted by Gasteiger charge is 2.10. The highest BCUT2D eigenvalue weighted by molar-refractivity contribution is 14.1. The minimum absolute atomic E-state index is 0.191.